The summed E-state index contributed by atoms with van der Waals surface area (Å²) in [5.41, 5.74) is 1.55. The van der Waals surface area contributed by atoms with Crippen molar-refractivity contribution in [2.24, 2.45) is 0 Å². The first kappa shape index (κ1) is 18.3. The van der Waals surface area contributed by atoms with Crippen LogP contribution in [0.15, 0.2) is 54.3 Å². The van der Waals surface area contributed by atoms with E-state index in [0.717, 1.165) is 10.2 Å². The van der Waals surface area contributed by atoms with Gasteiger partial charge in [0.15, 0.2) is 5.13 Å². The maximum absolute atomic E-state index is 12.0. The van der Waals surface area contributed by atoms with E-state index in [1.165, 1.54) is 29.0 Å². The average molecular weight is 413 g/mol. The molecule has 4 rings (SSSR count). The number of anilines is 3. The van der Waals surface area contributed by atoms with Gasteiger partial charge in [0.05, 0.1) is 15.1 Å². The zero-order valence-electron chi connectivity index (χ0n) is 14.5. The SMILES string of the molecule is O=C(Nc1ccccc1)Nc1ncc(C(O)CNc2ncnc3ccsc23)s1. The number of carbonyl (C=O) groups excluding carboxylic acids is 1. The largest absolute Gasteiger partial charge is 0.386 e. The molecule has 3 heterocycles. The summed E-state index contributed by atoms with van der Waals surface area (Å²) >= 11 is 2.76. The number of para-hydroxylation sites is 1. The predicted molar refractivity (Wildman–Crippen MR) is 112 cm³/mol. The van der Waals surface area contributed by atoms with Crippen LogP contribution < -0.4 is 16.0 Å². The van der Waals surface area contributed by atoms with Gasteiger partial charge in [-0.1, -0.05) is 29.5 Å². The first-order chi connectivity index (χ1) is 13.7. The highest BCUT2D eigenvalue weighted by Crippen LogP contribution is 2.27. The lowest BCUT2D eigenvalue weighted by atomic mass is 10.3. The number of hydrogen-bond donors (Lipinski definition) is 4. The number of fused-ring (bicyclic) bond motifs is 1. The number of aliphatic hydroxyl groups excluding tert-OH is 1. The number of aromatic nitrogens is 3. The molecule has 0 saturated carbocycles. The molecule has 0 saturated heterocycles. The van der Waals surface area contributed by atoms with Crippen LogP contribution in [0, 0.1) is 0 Å². The van der Waals surface area contributed by atoms with Gasteiger partial charge < -0.3 is 15.7 Å². The Morgan fingerprint density at radius 2 is 1.96 bits per heavy atom. The number of aliphatic hydroxyl groups is 1. The van der Waals surface area contributed by atoms with E-state index in [0.29, 0.717) is 21.5 Å². The summed E-state index contributed by atoms with van der Waals surface area (Å²) in [4.78, 5) is 25.2. The standard InChI is InChI=1S/C18H16N6O2S2/c25-13(8-19-16-15-12(6-7-27-15)21-10-22-16)14-9-20-18(28-14)24-17(26)23-11-4-2-1-3-5-11/h1-7,9-10,13,25H,8H2,(H,19,21,22)(H2,20,23,24,26). The van der Waals surface area contributed by atoms with Gasteiger partial charge in [0.25, 0.3) is 0 Å². The van der Waals surface area contributed by atoms with E-state index in [-0.39, 0.29) is 12.6 Å². The maximum Gasteiger partial charge on any atom is 0.325 e. The van der Waals surface area contributed by atoms with Crippen molar-refractivity contribution in [3.05, 3.63) is 59.2 Å². The molecular weight excluding hydrogens is 396 g/mol. The van der Waals surface area contributed by atoms with E-state index < -0.39 is 6.10 Å². The molecule has 4 aromatic rings. The number of thiazole rings is 1. The molecule has 142 valence electrons. The number of thiophene rings is 1. The minimum absolute atomic E-state index is 0.266. The van der Waals surface area contributed by atoms with Crippen molar-refractivity contribution in [3.8, 4) is 0 Å². The molecule has 0 aliphatic carbocycles. The summed E-state index contributed by atoms with van der Waals surface area (Å²) in [5.74, 6) is 0.684. The Morgan fingerprint density at radius 1 is 1.11 bits per heavy atom. The van der Waals surface area contributed by atoms with Gasteiger partial charge in [-0.25, -0.2) is 19.7 Å². The van der Waals surface area contributed by atoms with E-state index in [1.54, 1.807) is 18.3 Å². The molecule has 0 fully saturated rings. The van der Waals surface area contributed by atoms with Crippen LogP contribution in [-0.2, 0) is 0 Å². The van der Waals surface area contributed by atoms with Gasteiger partial charge in [0.1, 0.15) is 18.2 Å². The molecule has 4 N–H and O–H groups in total. The van der Waals surface area contributed by atoms with E-state index in [4.69, 9.17) is 0 Å². The predicted octanol–water partition coefficient (Wildman–Crippen LogP) is 3.94. The highest BCUT2D eigenvalue weighted by atomic mass is 32.1. The summed E-state index contributed by atoms with van der Waals surface area (Å²) < 4.78 is 0.943. The topological polar surface area (TPSA) is 112 Å². The number of carbonyl (C=O) groups is 1. The van der Waals surface area contributed by atoms with Crippen molar-refractivity contribution in [3.63, 3.8) is 0 Å². The van der Waals surface area contributed by atoms with Gasteiger partial charge >= 0.3 is 6.03 Å². The highest BCUT2D eigenvalue weighted by Gasteiger charge is 2.14. The number of benzene rings is 1. The van der Waals surface area contributed by atoms with Crippen LogP contribution in [0.1, 0.15) is 11.0 Å². The van der Waals surface area contributed by atoms with E-state index in [9.17, 15) is 9.90 Å². The molecule has 0 aliphatic heterocycles. The molecule has 1 atom stereocenters. The molecule has 2 amide bonds. The minimum Gasteiger partial charge on any atom is -0.386 e. The first-order valence-electron chi connectivity index (χ1n) is 8.38. The number of hydrogen-bond acceptors (Lipinski definition) is 8. The third kappa shape index (κ3) is 4.25. The Morgan fingerprint density at radius 3 is 2.82 bits per heavy atom. The lowest BCUT2D eigenvalue weighted by Gasteiger charge is -2.10. The molecule has 0 spiro atoms. The molecule has 3 aromatic heterocycles. The van der Waals surface area contributed by atoms with Crippen molar-refractivity contribution >= 4 is 55.6 Å². The van der Waals surface area contributed by atoms with Gasteiger partial charge in [0, 0.05) is 18.4 Å². The fourth-order valence-electron chi connectivity index (χ4n) is 2.49. The fraction of sp³-hybridized carbons (Fsp3) is 0.111. The van der Waals surface area contributed by atoms with Crippen molar-refractivity contribution in [2.45, 2.75) is 6.10 Å². The highest BCUT2D eigenvalue weighted by molar-refractivity contribution is 7.17. The maximum atomic E-state index is 12.0. The lowest BCUT2D eigenvalue weighted by molar-refractivity contribution is 0.195. The second-order valence-corrected chi connectivity index (χ2v) is 7.75. The third-order valence-corrected chi connectivity index (χ3v) is 5.73. The van der Waals surface area contributed by atoms with Gasteiger partial charge in [-0.2, -0.15) is 0 Å². The van der Waals surface area contributed by atoms with Crippen LogP contribution in [0.5, 0.6) is 0 Å². The number of urea groups is 1. The van der Waals surface area contributed by atoms with Crippen molar-refractivity contribution in [1.82, 2.24) is 15.0 Å². The summed E-state index contributed by atoms with van der Waals surface area (Å²) in [6.45, 7) is 0.266. The molecular formula is C18H16N6O2S2. The van der Waals surface area contributed by atoms with Crippen LogP contribution in [0.4, 0.5) is 21.4 Å². The molecule has 0 aliphatic rings. The molecule has 1 aromatic carbocycles. The first-order valence-corrected chi connectivity index (χ1v) is 10.1. The molecule has 10 heteroatoms. The summed E-state index contributed by atoms with van der Waals surface area (Å²) in [5, 5.41) is 21.3. The van der Waals surface area contributed by atoms with Crippen molar-refractivity contribution in [2.75, 3.05) is 22.5 Å². The smallest absolute Gasteiger partial charge is 0.325 e. The second-order valence-electron chi connectivity index (χ2n) is 5.77. The van der Waals surface area contributed by atoms with Crippen LogP contribution in [-0.4, -0.2) is 32.6 Å². The number of rotatable bonds is 6. The Bertz CT molecular complexity index is 1080. The Kier molecular flexibility index (Phi) is 5.42. The van der Waals surface area contributed by atoms with Gasteiger partial charge in [-0.15, -0.1) is 11.3 Å². The molecule has 0 bridgehead atoms. The zero-order valence-corrected chi connectivity index (χ0v) is 16.1. The zero-order chi connectivity index (χ0) is 19.3. The van der Waals surface area contributed by atoms with Gasteiger partial charge in [0.2, 0.25) is 0 Å². The number of amides is 2. The normalized spacial score (nSPS) is 11.9. The molecule has 1 unspecified atom stereocenters. The lowest BCUT2D eigenvalue weighted by Crippen LogP contribution is -2.19. The molecule has 8 nitrogen and oxygen atoms in total. The van der Waals surface area contributed by atoms with E-state index in [2.05, 4.69) is 30.9 Å². The van der Waals surface area contributed by atoms with E-state index >= 15 is 0 Å². The number of nitrogens with zero attached hydrogens (tertiary/aromatic N) is 3. The van der Waals surface area contributed by atoms with Crippen molar-refractivity contribution in [1.29, 1.82) is 0 Å². The third-order valence-electron chi connectivity index (χ3n) is 3.81. The van der Waals surface area contributed by atoms with Crippen LogP contribution >= 0.6 is 22.7 Å². The monoisotopic (exact) mass is 412 g/mol. The van der Waals surface area contributed by atoms with Crippen LogP contribution in [0.2, 0.25) is 0 Å². The molecule has 0 radical (unpaired) electrons. The minimum atomic E-state index is -0.782. The van der Waals surface area contributed by atoms with Gasteiger partial charge in [-0.3, -0.25) is 5.32 Å². The Labute approximate surface area is 168 Å². The van der Waals surface area contributed by atoms with Gasteiger partial charge in [-0.05, 0) is 23.6 Å². The number of nitrogens with one attached hydrogen (secondary N) is 3. The fourth-order valence-corrected chi connectivity index (χ4v) is 4.10. The Balaban J connectivity index is 1.34. The molecule has 28 heavy (non-hydrogen) atoms. The quantitative estimate of drug-likeness (QED) is 0.382. The van der Waals surface area contributed by atoms with E-state index in [1.807, 2.05) is 29.6 Å². The average Bonchev–Trinajstić information content (AvgIpc) is 3.36. The summed E-state index contributed by atoms with van der Waals surface area (Å²) in [7, 11) is 0. The summed E-state index contributed by atoms with van der Waals surface area (Å²) in [6, 6.07) is 10.7. The van der Waals surface area contributed by atoms with Crippen LogP contribution in [0.3, 0.4) is 0 Å². The second kappa shape index (κ2) is 8.30. The summed E-state index contributed by atoms with van der Waals surface area (Å²) in [6.07, 6.45) is 2.26. The van der Waals surface area contributed by atoms with Crippen LogP contribution in [0.25, 0.3) is 10.2 Å². The Hall–Kier alpha value is -3.08. The van der Waals surface area contributed by atoms with Crippen molar-refractivity contribution < 1.29 is 9.90 Å².